The Bertz CT molecular complexity index is 188. The zero-order valence-corrected chi connectivity index (χ0v) is 10.2. The molecule has 0 N–H and O–H groups in total. The Morgan fingerprint density at radius 3 is 1.87 bits per heavy atom. The fourth-order valence-corrected chi connectivity index (χ4v) is 2.85. The van der Waals surface area contributed by atoms with Gasteiger partial charge in [-0.2, -0.15) is 0 Å². The average molecular weight is 231 g/mol. The van der Waals surface area contributed by atoms with Gasteiger partial charge in [0.1, 0.15) is 6.61 Å². The van der Waals surface area contributed by atoms with Crippen molar-refractivity contribution in [1.82, 2.24) is 9.80 Å². The molecule has 0 aromatic rings. The van der Waals surface area contributed by atoms with Crippen LogP contribution >= 0.6 is 8.69 Å². The summed E-state index contributed by atoms with van der Waals surface area (Å²) in [5.41, 5.74) is 0. The number of hydrogen-bond acceptors (Lipinski definition) is 4. The Hall–Kier alpha value is -0.0200. The molecule has 5 heteroatoms. The molecule has 2 rings (SSSR count). The summed E-state index contributed by atoms with van der Waals surface area (Å²) in [6.45, 7) is 5.29. The summed E-state index contributed by atoms with van der Waals surface area (Å²) in [6.07, 6.45) is 5.55. The highest BCUT2D eigenvalue weighted by atomic mass is 31.1. The molecule has 15 heavy (non-hydrogen) atoms. The molecule has 2 saturated heterocycles. The lowest BCUT2D eigenvalue weighted by Crippen LogP contribution is -2.48. The first-order chi connectivity index (χ1) is 7.42. The Morgan fingerprint density at radius 1 is 1.00 bits per heavy atom. The third-order valence-electron chi connectivity index (χ3n) is 3.42. The fourth-order valence-electron chi connectivity index (χ4n) is 2.63. The van der Waals surface area contributed by atoms with Crippen molar-refractivity contribution in [3.8, 4) is 0 Å². The number of hydrogen-bond donors (Lipinski definition) is 0. The Balaban J connectivity index is 1.90. The molecule has 0 saturated carbocycles. The van der Waals surface area contributed by atoms with E-state index in [0.29, 0.717) is 12.8 Å². The molecule has 2 fully saturated rings. The summed E-state index contributed by atoms with van der Waals surface area (Å²) in [4.78, 5) is 4.96. The Labute approximate surface area is 92.9 Å². The van der Waals surface area contributed by atoms with Gasteiger partial charge in [-0.1, -0.05) is 0 Å². The van der Waals surface area contributed by atoms with E-state index in [4.69, 9.17) is 4.52 Å². The van der Waals surface area contributed by atoms with Gasteiger partial charge in [-0.25, -0.2) is 0 Å². The van der Waals surface area contributed by atoms with Crippen LogP contribution in [0, 0.1) is 0 Å². The van der Waals surface area contributed by atoms with E-state index in [1.807, 2.05) is 0 Å². The predicted octanol–water partition coefficient (Wildman–Crippen LogP) is 1.46. The van der Waals surface area contributed by atoms with Gasteiger partial charge in [0, 0.05) is 0 Å². The molecule has 1 unspecified atom stereocenters. The minimum atomic E-state index is -0.621. The van der Waals surface area contributed by atoms with E-state index in [9.17, 15) is 4.57 Å². The molecule has 0 bridgehead atoms. The van der Waals surface area contributed by atoms with Gasteiger partial charge < -0.3 is 0 Å². The van der Waals surface area contributed by atoms with Crippen LogP contribution in [0.25, 0.3) is 0 Å². The molecule has 0 radical (unpaired) electrons. The van der Waals surface area contributed by atoms with Crippen LogP contribution in [0.3, 0.4) is 0 Å². The third kappa shape index (κ3) is 2.97. The molecule has 2 aliphatic heterocycles. The molecule has 0 amide bonds. The minimum Gasteiger partial charge on any atom is -0.286 e. The van der Waals surface area contributed by atoms with Crippen LogP contribution in [-0.2, 0) is 9.09 Å². The van der Waals surface area contributed by atoms with Crippen LogP contribution in [0.5, 0.6) is 0 Å². The van der Waals surface area contributed by atoms with Crippen LogP contribution in [0.1, 0.15) is 25.7 Å². The quantitative estimate of drug-likeness (QED) is 0.671. The predicted molar refractivity (Wildman–Crippen MR) is 60.4 cm³/mol. The molecule has 2 aliphatic rings. The van der Waals surface area contributed by atoms with Gasteiger partial charge in [0.2, 0.25) is 0 Å². The molecule has 2 heterocycles. The highest BCUT2D eigenvalue weighted by Gasteiger charge is 2.30. The molecule has 4 nitrogen and oxygen atoms in total. The highest BCUT2D eigenvalue weighted by Crippen LogP contribution is 2.20. The Morgan fingerprint density at radius 2 is 1.47 bits per heavy atom. The van der Waals surface area contributed by atoms with Crippen LogP contribution in [-0.4, -0.2) is 48.8 Å². The SMILES string of the molecule is O=[PH+]OCC(N1CCCC1)N1CCCC1. The van der Waals surface area contributed by atoms with Crippen LogP contribution in [0.15, 0.2) is 0 Å². The number of nitrogens with zero attached hydrogens (tertiary/aromatic N) is 2. The molecule has 1 atom stereocenters. The van der Waals surface area contributed by atoms with Gasteiger partial charge in [-0.05, 0) is 56.4 Å². The van der Waals surface area contributed by atoms with E-state index >= 15 is 0 Å². The molecule has 0 aromatic heterocycles. The third-order valence-corrected chi connectivity index (χ3v) is 3.70. The topological polar surface area (TPSA) is 32.8 Å². The van der Waals surface area contributed by atoms with E-state index in [1.54, 1.807) is 0 Å². The van der Waals surface area contributed by atoms with E-state index in [1.165, 1.54) is 51.9 Å². The lowest BCUT2D eigenvalue weighted by Gasteiger charge is -2.33. The maximum Gasteiger partial charge on any atom is 0.494 e. The molecular formula is C10H20N2O2P+. The molecule has 0 aliphatic carbocycles. The monoisotopic (exact) mass is 231 g/mol. The van der Waals surface area contributed by atoms with Crippen molar-refractivity contribution >= 4 is 8.69 Å². The smallest absolute Gasteiger partial charge is 0.286 e. The molecule has 0 spiro atoms. The maximum absolute atomic E-state index is 10.4. The summed E-state index contributed by atoms with van der Waals surface area (Å²) >= 11 is 0. The molecular weight excluding hydrogens is 211 g/mol. The van der Waals surface area contributed by atoms with Crippen molar-refractivity contribution in [3.63, 3.8) is 0 Å². The van der Waals surface area contributed by atoms with Crippen LogP contribution < -0.4 is 0 Å². The first-order valence-electron chi connectivity index (χ1n) is 5.89. The first-order valence-corrected chi connectivity index (χ1v) is 6.70. The summed E-state index contributed by atoms with van der Waals surface area (Å²) in [7, 11) is -0.621. The van der Waals surface area contributed by atoms with Crippen molar-refractivity contribution in [2.24, 2.45) is 0 Å². The first kappa shape index (κ1) is 11.5. The highest BCUT2D eigenvalue weighted by molar-refractivity contribution is 7.17. The van der Waals surface area contributed by atoms with E-state index in [0.717, 1.165) is 0 Å². The second-order valence-electron chi connectivity index (χ2n) is 4.36. The summed E-state index contributed by atoms with van der Waals surface area (Å²) < 4.78 is 15.5. The van der Waals surface area contributed by atoms with Crippen molar-refractivity contribution < 1.29 is 9.09 Å². The molecule has 86 valence electrons. The van der Waals surface area contributed by atoms with Gasteiger partial charge in [0.05, 0.1) is 6.17 Å². The van der Waals surface area contributed by atoms with E-state index in [-0.39, 0.29) is 0 Å². The lowest BCUT2D eigenvalue weighted by atomic mass is 10.4. The summed E-state index contributed by atoms with van der Waals surface area (Å²) in [6, 6.07) is 0. The van der Waals surface area contributed by atoms with Gasteiger partial charge in [-0.15, -0.1) is 4.52 Å². The van der Waals surface area contributed by atoms with Crippen LogP contribution in [0.2, 0.25) is 0 Å². The van der Waals surface area contributed by atoms with Crippen molar-refractivity contribution in [3.05, 3.63) is 0 Å². The van der Waals surface area contributed by atoms with Gasteiger partial charge >= 0.3 is 8.69 Å². The maximum atomic E-state index is 10.4. The van der Waals surface area contributed by atoms with Gasteiger partial charge in [-0.3, -0.25) is 9.80 Å². The number of likely N-dealkylation sites (tertiary alicyclic amines) is 2. The lowest BCUT2D eigenvalue weighted by molar-refractivity contribution is 0.0420. The average Bonchev–Trinajstić information content (AvgIpc) is 2.90. The zero-order valence-electron chi connectivity index (χ0n) is 9.15. The fraction of sp³-hybridized carbons (Fsp3) is 1.00. The van der Waals surface area contributed by atoms with Crippen molar-refractivity contribution in [2.45, 2.75) is 31.8 Å². The molecule has 0 aromatic carbocycles. The summed E-state index contributed by atoms with van der Waals surface area (Å²) in [5, 5.41) is 0. The van der Waals surface area contributed by atoms with E-state index < -0.39 is 8.69 Å². The van der Waals surface area contributed by atoms with Gasteiger partial charge in [0.15, 0.2) is 0 Å². The van der Waals surface area contributed by atoms with Crippen LogP contribution in [0.4, 0.5) is 0 Å². The van der Waals surface area contributed by atoms with Crippen molar-refractivity contribution in [1.29, 1.82) is 0 Å². The number of rotatable bonds is 5. The standard InChI is InChI=1S/C10H20N2O2P/c13-15-14-9-10(11-5-1-2-6-11)12-7-3-4-8-12/h10,15H,1-9H2/q+1. The second kappa shape index (κ2) is 5.90. The second-order valence-corrected chi connectivity index (χ2v) is 4.82. The van der Waals surface area contributed by atoms with Gasteiger partial charge in [0.25, 0.3) is 0 Å². The summed E-state index contributed by atoms with van der Waals surface area (Å²) in [5.74, 6) is 0. The normalized spacial score (nSPS) is 24.6. The largest absolute Gasteiger partial charge is 0.494 e. The minimum absolute atomic E-state index is 0.372. The Kier molecular flexibility index (Phi) is 4.51. The van der Waals surface area contributed by atoms with E-state index in [2.05, 4.69) is 9.80 Å². The zero-order chi connectivity index (χ0) is 10.5. The van der Waals surface area contributed by atoms with Crippen molar-refractivity contribution in [2.75, 3.05) is 32.8 Å².